The summed E-state index contributed by atoms with van der Waals surface area (Å²) >= 11 is 1.33. The molecule has 0 saturated carbocycles. The summed E-state index contributed by atoms with van der Waals surface area (Å²) in [5.41, 5.74) is 2.54. The van der Waals surface area contributed by atoms with Crippen LogP contribution in [0.2, 0.25) is 0 Å². The van der Waals surface area contributed by atoms with Crippen molar-refractivity contribution in [1.29, 1.82) is 0 Å². The van der Waals surface area contributed by atoms with Crippen LogP contribution in [0.15, 0.2) is 41.4 Å². The molecular weight excluding hydrogens is 390 g/mol. The van der Waals surface area contributed by atoms with Crippen molar-refractivity contribution < 1.29 is 14.3 Å². The predicted molar refractivity (Wildman–Crippen MR) is 112 cm³/mol. The van der Waals surface area contributed by atoms with Crippen molar-refractivity contribution in [3.63, 3.8) is 0 Å². The second-order valence-corrected chi connectivity index (χ2v) is 7.75. The molecule has 29 heavy (non-hydrogen) atoms. The number of hydrogen-bond acceptors (Lipinski definition) is 7. The summed E-state index contributed by atoms with van der Waals surface area (Å²) in [5, 5.41) is 16.0. The number of nitrogens with one attached hydrogen (secondary N) is 1. The van der Waals surface area contributed by atoms with Gasteiger partial charge in [0.2, 0.25) is 5.91 Å². The number of carbonyl (C=O) groups is 1. The van der Waals surface area contributed by atoms with Crippen LogP contribution in [0.1, 0.15) is 18.3 Å². The Balaban J connectivity index is 1.64. The number of ether oxygens (including phenoxy) is 2. The predicted octanol–water partition coefficient (Wildman–Crippen LogP) is 3.42. The van der Waals surface area contributed by atoms with Gasteiger partial charge in [0.15, 0.2) is 17.3 Å². The van der Waals surface area contributed by atoms with Crippen molar-refractivity contribution in [3.8, 4) is 17.3 Å². The molecule has 1 N–H and O–H groups in total. The number of anilines is 1. The summed E-state index contributed by atoms with van der Waals surface area (Å²) in [5.74, 6) is 1.65. The Kier molecular flexibility index (Phi) is 6.38. The van der Waals surface area contributed by atoms with Crippen molar-refractivity contribution in [3.05, 3.63) is 47.8 Å². The second-order valence-electron chi connectivity index (χ2n) is 6.39. The van der Waals surface area contributed by atoms with Crippen LogP contribution in [-0.4, -0.2) is 45.4 Å². The molecule has 0 radical (unpaired) electrons. The third kappa shape index (κ3) is 4.86. The van der Waals surface area contributed by atoms with Gasteiger partial charge in [0.25, 0.3) is 0 Å². The normalized spacial score (nSPS) is 11.8. The first-order valence-electron chi connectivity index (χ1n) is 8.98. The monoisotopic (exact) mass is 413 g/mol. The lowest BCUT2D eigenvalue weighted by molar-refractivity contribution is -0.115. The van der Waals surface area contributed by atoms with Gasteiger partial charge in [0.1, 0.15) is 5.03 Å². The molecule has 8 nitrogen and oxygen atoms in total. The van der Waals surface area contributed by atoms with E-state index in [0.29, 0.717) is 28.0 Å². The Morgan fingerprint density at radius 3 is 2.41 bits per heavy atom. The molecule has 2 aromatic heterocycles. The van der Waals surface area contributed by atoms with E-state index in [4.69, 9.17) is 9.47 Å². The maximum absolute atomic E-state index is 12.5. The van der Waals surface area contributed by atoms with Gasteiger partial charge in [-0.05, 0) is 51.1 Å². The molecule has 0 saturated heterocycles. The summed E-state index contributed by atoms with van der Waals surface area (Å²) in [6, 6.07) is 10.9. The van der Waals surface area contributed by atoms with E-state index in [2.05, 4.69) is 20.6 Å². The van der Waals surface area contributed by atoms with Crippen LogP contribution in [0.3, 0.4) is 0 Å². The van der Waals surface area contributed by atoms with Crippen molar-refractivity contribution in [1.82, 2.24) is 20.0 Å². The number of benzene rings is 1. The fraction of sp³-hybridized carbons (Fsp3) is 0.300. The Morgan fingerprint density at radius 2 is 1.83 bits per heavy atom. The average Bonchev–Trinajstić information content (AvgIpc) is 3.06. The van der Waals surface area contributed by atoms with E-state index in [1.807, 2.05) is 39.0 Å². The smallest absolute Gasteiger partial charge is 0.237 e. The van der Waals surface area contributed by atoms with E-state index in [0.717, 1.165) is 11.4 Å². The Morgan fingerprint density at radius 1 is 1.07 bits per heavy atom. The Bertz CT molecular complexity index is 1000. The molecule has 0 spiro atoms. The third-order valence-corrected chi connectivity index (χ3v) is 5.20. The van der Waals surface area contributed by atoms with Gasteiger partial charge >= 0.3 is 0 Å². The number of amides is 1. The van der Waals surface area contributed by atoms with Crippen LogP contribution in [0.4, 0.5) is 5.69 Å². The fourth-order valence-electron chi connectivity index (χ4n) is 2.74. The number of methoxy groups -OCH3 is 2. The number of aromatic nitrogens is 4. The molecule has 0 aliphatic heterocycles. The van der Waals surface area contributed by atoms with Crippen LogP contribution in [0, 0.1) is 13.8 Å². The third-order valence-electron chi connectivity index (χ3n) is 4.17. The first-order valence-corrected chi connectivity index (χ1v) is 9.86. The van der Waals surface area contributed by atoms with Gasteiger partial charge in [0, 0.05) is 17.4 Å². The minimum absolute atomic E-state index is 0.147. The number of nitrogens with zero attached hydrogens (tertiary/aromatic N) is 4. The molecule has 1 aromatic carbocycles. The highest BCUT2D eigenvalue weighted by Gasteiger charge is 2.17. The zero-order valence-electron chi connectivity index (χ0n) is 17.0. The zero-order chi connectivity index (χ0) is 21.0. The van der Waals surface area contributed by atoms with E-state index in [1.54, 1.807) is 37.1 Å². The van der Waals surface area contributed by atoms with Crippen LogP contribution in [0.25, 0.3) is 5.82 Å². The van der Waals surface area contributed by atoms with Gasteiger partial charge in [-0.15, -0.1) is 10.2 Å². The summed E-state index contributed by atoms with van der Waals surface area (Å²) < 4.78 is 12.2. The SMILES string of the molecule is COc1ccc(NC(=O)[C@@H](C)Sc2ccc(-n3nc(C)cc3C)nn2)cc1OC. The van der Waals surface area contributed by atoms with Crippen molar-refractivity contribution in [2.24, 2.45) is 0 Å². The molecule has 3 rings (SSSR count). The minimum Gasteiger partial charge on any atom is -0.493 e. The van der Waals surface area contributed by atoms with Gasteiger partial charge in [0.05, 0.1) is 25.2 Å². The molecule has 0 aliphatic carbocycles. The zero-order valence-corrected chi connectivity index (χ0v) is 17.8. The van der Waals surface area contributed by atoms with Gasteiger partial charge in [-0.3, -0.25) is 4.79 Å². The van der Waals surface area contributed by atoms with E-state index in [9.17, 15) is 4.79 Å². The molecular formula is C20H23N5O3S. The lowest BCUT2D eigenvalue weighted by atomic mass is 10.2. The average molecular weight is 414 g/mol. The summed E-state index contributed by atoms with van der Waals surface area (Å²) in [7, 11) is 3.12. The van der Waals surface area contributed by atoms with Crippen LogP contribution in [0.5, 0.6) is 11.5 Å². The second kappa shape index (κ2) is 8.95. The lowest BCUT2D eigenvalue weighted by Gasteiger charge is -2.13. The Hall–Kier alpha value is -3.07. The topological polar surface area (TPSA) is 91.2 Å². The minimum atomic E-state index is -0.364. The maximum Gasteiger partial charge on any atom is 0.237 e. The standard InChI is InChI=1S/C20H23N5O3S/c1-12-10-13(2)25(24-12)18-8-9-19(23-22-18)29-14(3)20(26)21-15-6-7-16(27-4)17(11-15)28-5/h6-11,14H,1-5H3,(H,21,26)/t14-/m1/s1. The molecule has 0 bridgehead atoms. The number of thioether (sulfide) groups is 1. The highest BCUT2D eigenvalue weighted by Crippen LogP contribution is 2.30. The van der Waals surface area contributed by atoms with E-state index < -0.39 is 0 Å². The molecule has 0 unspecified atom stereocenters. The van der Waals surface area contributed by atoms with Crippen LogP contribution in [-0.2, 0) is 4.79 Å². The maximum atomic E-state index is 12.5. The summed E-state index contributed by atoms with van der Waals surface area (Å²) in [6.07, 6.45) is 0. The van der Waals surface area contributed by atoms with Crippen molar-refractivity contribution >= 4 is 23.4 Å². The van der Waals surface area contributed by atoms with Crippen molar-refractivity contribution in [2.75, 3.05) is 19.5 Å². The van der Waals surface area contributed by atoms with E-state index in [1.165, 1.54) is 11.8 Å². The van der Waals surface area contributed by atoms with Gasteiger partial charge in [-0.25, -0.2) is 4.68 Å². The number of rotatable bonds is 7. The highest BCUT2D eigenvalue weighted by molar-refractivity contribution is 8.00. The van der Waals surface area contributed by atoms with Crippen LogP contribution < -0.4 is 14.8 Å². The summed E-state index contributed by atoms with van der Waals surface area (Å²) in [4.78, 5) is 12.5. The van der Waals surface area contributed by atoms with Gasteiger partial charge in [-0.2, -0.15) is 5.10 Å². The van der Waals surface area contributed by atoms with Crippen LogP contribution >= 0.6 is 11.8 Å². The lowest BCUT2D eigenvalue weighted by Crippen LogP contribution is -2.22. The molecule has 2 heterocycles. The molecule has 152 valence electrons. The van der Waals surface area contributed by atoms with Gasteiger partial charge in [-0.1, -0.05) is 11.8 Å². The molecule has 1 amide bonds. The molecule has 0 fully saturated rings. The fourth-order valence-corrected chi connectivity index (χ4v) is 3.50. The molecule has 1 atom stereocenters. The van der Waals surface area contributed by atoms with Gasteiger partial charge < -0.3 is 14.8 Å². The van der Waals surface area contributed by atoms with E-state index >= 15 is 0 Å². The number of aryl methyl sites for hydroxylation is 2. The molecule has 9 heteroatoms. The first kappa shape index (κ1) is 20.7. The molecule has 3 aromatic rings. The van der Waals surface area contributed by atoms with E-state index in [-0.39, 0.29) is 11.2 Å². The molecule has 0 aliphatic rings. The number of carbonyl (C=O) groups excluding carboxylic acids is 1. The van der Waals surface area contributed by atoms with Crippen molar-refractivity contribution in [2.45, 2.75) is 31.0 Å². The largest absolute Gasteiger partial charge is 0.493 e. The first-order chi connectivity index (χ1) is 13.9. The highest BCUT2D eigenvalue weighted by atomic mass is 32.2. The number of hydrogen-bond donors (Lipinski definition) is 1. The Labute approximate surface area is 173 Å². The quantitative estimate of drug-likeness (QED) is 0.594. The summed E-state index contributed by atoms with van der Waals surface area (Å²) in [6.45, 7) is 5.71.